The Balaban J connectivity index is 1.43. The molecule has 0 saturated carbocycles. The molecule has 47 heavy (non-hydrogen) atoms. The third kappa shape index (κ3) is 6.22. The second kappa shape index (κ2) is 14.0. The van der Waals surface area contributed by atoms with Gasteiger partial charge in [-0.1, -0.05) is 0 Å². The molecule has 1 unspecified atom stereocenters. The molecule has 258 valence electrons. The van der Waals surface area contributed by atoms with Crippen LogP contribution in [-0.4, -0.2) is 136 Å². The zero-order valence-corrected chi connectivity index (χ0v) is 29.7. The van der Waals surface area contributed by atoms with E-state index >= 15 is 0 Å². The summed E-state index contributed by atoms with van der Waals surface area (Å²) in [4.78, 5) is 0. The van der Waals surface area contributed by atoms with E-state index in [1.54, 1.807) is 13.4 Å². The smallest absolute Gasteiger partial charge is 0.334 e. The number of benzene rings is 1. The Labute approximate surface area is 276 Å². The number of nitrogens with zero attached hydrogens (tertiary/aromatic N) is 8. The van der Waals surface area contributed by atoms with Crippen LogP contribution < -0.4 is 9.26 Å². The van der Waals surface area contributed by atoms with Gasteiger partial charge in [0.2, 0.25) is 15.0 Å². The Morgan fingerprint density at radius 1 is 0.681 bits per heavy atom. The predicted molar refractivity (Wildman–Crippen MR) is 179 cm³/mol. The van der Waals surface area contributed by atoms with Gasteiger partial charge < -0.3 is 32.6 Å². The minimum absolute atomic E-state index is 0.503. The van der Waals surface area contributed by atoms with Crippen molar-refractivity contribution in [3.05, 3.63) is 47.9 Å². The van der Waals surface area contributed by atoms with Crippen LogP contribution in [0, 0.1) is 0 Å². The Hall–Kier alpha value is -1.57. The number of ether oxygens (including phenoxy) is 5. The van der Waals surface area contributed by atoms with E-state index in [-0.39, 0.29) is 0 Å². The summed E-state index contributed by atoms with van der Waals surface area (Å²) in [7, 11) is -7.07. The van der Waals surface area contributed by atoms with Crippen molar-refractivity contribution < 1.29 is 32.6 Å². The summed E-state index contributed by atoms with van der Waals surface area (Å²) in [5.74, 6) is 2.43. The molecule has 0 radical (unpaired) electrons. The summed E-state index contributed by atoms with van der Waals surface area (Å²) in [5, 5.41) is 0. The lowest BCUT2D eigenvalue weighted by Gasteiger charge is -2.53. The summed E-state index contributed by atoms with van der Waals surface area (Å²) >= 11 is 0. The summed E-state index contributed by atoms with van der Waals surface area (Å²) in [6.07, 6.45) is 1.73. The van der Waals surface area contributed by atoms with Gasteiger partial charge in [0.15, 0.2) is 0 Å². The molecule has 8 rings (SSSR count). The van der Waals surface area contributed by atoms with Crippen LogP contribution in [0.1, 0.15) is 11.3 Å². The van der Waals surface area contributed by atoms with Crippen LogP contribution in [0.4, 0.5) is 0 Å². The van der Waals surface area contributed by atoms with Crippen LogP contribution >= 0.6 is 22.6 Å². The molecule has 6 aliphatic heterocycles. The average Bonchev–Trinajstić information content (AvgIpc) is 3.66. The maximum absolute atomic E-state index is 7.37. The number of methoxy groups -OCH3 is 1. The third-order valence-electron chi connectivity index (χ3n) is 9.31. The average molecular weight is 711 g/mol. The molecule has 1 atom stereocenters. The van der Waals surface area contributed by atoms with Crippen molar-refractivity contribution in [2.24, 2.45) is 13.5 Å². The molecule has 0 aliphatic carbocycles. The molecule has 1 aromatic heterocycles. The molecule has 7 heterocycles. The van der Waals surface area contributed by atoms with Crippen molar-refractivity contribution in [1.82, 2.24) is 23.4 Å². The van der Waals surface area contributed by atoms with E-state index in [1.807, 2.05) is 24.3 Å². The molecule has 0 bridgehead atoms. The number of hydrogen-bond donors (Lipinski definition) is 0. The van der Waals surface area contributed by atoms with Gasteiger partial charge in [-0.3, -0.25) is 0 Å². The van der Waals surface area contributed by atoms with Crippen LogP contribution in [0.25, 0.3) is 0 Å². The summed E-state index contributed by atoms with van der Waals surface area (Å²) in [6.45, 7) is 12.2. The van der Waals surface area contributed by atoms with E-state index in [9.17, 15) is 0 Å². The van der Waals surface area contributed by atoms with Crippen LogP contribution in [0.15, 0.2) is 54.6 Å². The quantitative estimate of drug-likeness (QED) is 0.365. The van der Waals surface area contributed by atoms with Gasteiger partial charge in [0.1, 0.15) is 17.3 Å². The standard InChI is InChI=1S/C29H45N8O7P3/c1-38-27-4-5-29-26(23-27)24-37(25-28-3-2-14-43-28)47(44-29)31-45(33-6-15-39-16-7-33,34-8-17-40-18-9-34)30-46(32-47,35-10-19-41-20-11-35)36-12-21-42-22-13-36/h2-5,14,23H,6-13,15-22,24-25H2,1H3. The Kier molecular flexibility index (Phi) is 9.70. The maximum atomic E-state index is 7.37. The normalized spacial score (nSPS) is 29.2. The fourth-order valence-corrected chi connectivity index (χ4v) is 21.6. The highest BCUT2D eigenvalue weighted by Crippen LogP contribution is 2.83. The van der Waals surface area contributed by atoms with Crippen molar-refractivity contribution in [3.8, 4) is 11.5 Å². The molecular weight excluding hydrogens is 665 g/mol. The fourth-order valence-electron chi connectivity index (χ4n) is 6.88. The van der Waals surface area contributed by atoms with Crippen LogP contribution in [0.2, 0.25) is 0 Å². The highest BCUT2D eigenvalue weighted by molar-refractivity contribution is 7.82. The molecule has 2 aromatic rings. The van der Waals surface area contributed by atoms with E-state index in [4.69, 9.17) is 46.2 Å². The lowest BCUT2D eigenvalue weighted by Crippen LogP contribution is -2.46. The van der Waals surface area contributed by atoms with E-state index in [2.05, 4.69) is 29.4 Å². The summed E-state index contributed by atoms with van der Waals surface area (Å²) < 4.78 is 73.3. The van der Waals surface area contributed by atoms with E-state index in [1.165, 1.54) is 0 Å². The van der Waals surface area contributed by atoms with E-state index in [0.29, 0.717) is 65.9 Å². The van der Waals surface area contributed by atoms with Crippen molar-refractivity contribution in [2.45, 2.75) is 13.1 Å². The van der Waals surface area contributed by atoms with Gasteiger partial charge in [-0.05, 0) is 30.3 Å². The first-order chi connectivity index (χ1) is 23.1. The lowest BCUT2D eigenvalue weighted by molar-refractivity contribution is 0.0546. The monoisotopic (exact) mass is 710 g/mol. The molecule has 18 heteroatoms. The second-order valence-corrected chi connectivity index (χ2v) is 20.4. The molecule has 15 nitrogen and oxygen atoms in total. The molecule has 4 saturated heterocycles. The number of hydrogen-bond acceptors (Lipinski definition) is 15. The molecule has 0 amide bonds. The van der Waals surface area contributed by atoms with Crippen LogP contribution in [-0.2, 0) is 32.0 Å². The Morgan fingerprint density at radius 3 is 1.70 bits per heavy atom. The summed E-state index contributed by atoms with van der Waals surface area (Å²) in [5.41, 5.74) is 1.04. The van der Waals surface area contributed by atoms with Gasteiger partial charge in [-0.25, -0.2) is 23.4 Å². The molecule has 1 aromatic carbocycles. The minimum atomic E-state index is -3.14. The summed E-state index contributed by atoms with van der Waals surface area (Å²) in [6, 6.07) is 10.00. The van der Waals surface area contributed by atoms with Gasteiger partial charge in [0.05, 0.1) is 72.8 Å². The Morgan fingerprint density at radius 2 is 1.21 bits per heavy atom. The lowest BCUT2D eigenvalue weighted by atomic mass is 10.2. The first-order valence-corrected chi connectivity index (χ1v) is 21.3. The van der Waals surface area contributed by atoms with Gasteiger partial charge in [-0.15, -0.1) is 0 Å². The van der Waals surface area contributed by atoms with Crippen molar-refractivity contribution >= 4 is 22.6 Å². The molecule has 0 N–H and O–H groups in total. The zero-order valence-electron chi connectivity index (χ0n) is 27.0. The molecule has 4 fully saturated rings. The van der Waals surface area contributed by atoms with E-state index < -0.39 is 22.6 Å². The highest BCUT2D eigenvalue weighted by atomic mass is 31.3. The van der Waals surface area contributed by atoms with E-state index in [0.717, 1.165) is 75.2 Å². The molecule has 1 spiro atoms. The largest absolute Gasteiger partial charge is 0.497 e. The van der Waals surface area contributed by atoms with Crippen LogP contribution in [0.5, 0.6) is 11.5 Å². The number of furan rings is 1. The first-order valence-electron chi connectivity index (χ1n) is 16.5. The zero-order chi connectivity index (χ0) is 31.7. The van der Waals surface area contributed by atoms with Crippen molar-refractivity contribution in [3.63, 3.8) is 0 Å². The molecule has 6 aliphatic rings. The van der Waals surface area contributed by atoms with Gasteiger partial charge in [0, 0.05) is 64.5 Å². The van der Waals surface area contributed by atoms with Crippen molar-refractivity contribution in [2.75, 3.05) is 112 Å². The third-order valence-corrected chi connectivity index (χ3v) is 21.1. The van der Waals surface area contributed by atoms with Crippen LogP contribution in [0.3, 0.4) is 0 Å². The van der Waals surface area contributed by atoms with Gasteiger partial charge in [0.25, 0.3) is 0 Å². The highest BCUT2D eigenvalue weighted by Gasteiger charge is 2.53. The second-order valence-electron chi connectivity index (χ2n) is 12.1. The van der Waals surface area contributed by atoms with Gasteiger partial charge in [-0.2, -0.15) is 13.5 Å². The maximum Gasteiger partial charge on any atom is 0.334 e. The topological polar surface area (TPSA) is 122 Å². The van der Waals surface area contributed by atoms with Gasteiger partial charge >= 0.3 is 7.58 Å². The number of rotatable bonds is 7. The number of fused-ring (bicyclic) bond motifs is 1. The predicted octanol–water partition coefficient (Wildman–Crippen LogP) is 4.86. The molecular formula is C29H45N8O7P3. The SMILES string of the molecule is COc1ccc2c(c1)CN(Cc1ccco1)P1(=NP(N3CCOCC3)(N3CCOCC3)=NP(N3CCOCC3)(N3CCOCC3)=N1)O2. The number of morpholine rings is 4. The first kappa shape index (κ1) is 32.6. The fraction of sp³-hybridized carbons (Fsp3) is 0.655. The minimum Gasteiger partial charge on any atom is -0.497 e. The Bertz CT molecular complexity index is 1490. The van der Waals surface area contributed by atoms with Crippen molar-refractivity contribution in [1.29, 1.82) is 0 Å².